The smallest absolute Gasteiger partial charge is 0.157 e. The van der Waals surface area contributed by atoms with Crippen molar-refractivity contribution in [3.63, 3.8) is 0 Å². The van der Waals surface area contributed by atoms with E-state index in [1.807, 2.05) is 30.5 Å². The average molecular weight is 345 g/mol. The van der Waals surface area contributed by atoms with Gasteiger partial charge < -0.3 is 20.5 Å². The van der Waals surface area contributed by atoms with Gasteiger partial charge in [0.15, 0.2) is 11.5 Å². The largest absolute Gasteiger partial charge is 0.504 e. The number of anilines is 1. The fourth-order valence-corrected chi connectivity index (χ4v) is 3.24. The summed E-state index contributed by atoms with van der Waals surface area (Å²) in [6.07, 6.45) is 5.44. The number of aryl methyl sites for hydroxylation is 1. The summed E-state index contributed by atoms with van der Waals surface area (Å²) in [4.78, 5) is 7.41. The minimum absolute atomic E-state index is 0.133. The second-order valence-corrected chi connectivity index (χ2v) is 6.30. The lowest BCUT2D eigenvalue weighted by molar-refractivity contribution is 0.403. The van der Waals surface area contributed by atoms with Crippen LogP contribution in [-0.2, 0) is 0 Å². The number of aromatic nitrogens is 2. The predicted octanol–water partition coefficient (Wildman–Crippen LogP) is 4.48. The first kappa shape index (κ1) is 16.0. The van der Waals surface area contributed by atoms with Crippen molar-refractivity contribution in [3.05, 3.63) is 83.8 Å². The number of aromatic hydroxyl groups is 2. The Morgan fingerprint density at radius 1 is 1.00 bits per heavy atom. The third-order valence-corrected chi connectivity index (χ3v) is 4.59. The third-order valence-electron chi connectivity index (χ3n) is 4.59. The lowest BCUT2D eigenvalue weighted by Crippen LogP contribution is -2.12. The molecule has 2 aromatic carbocycles. The molecule has 2 heterocycles. The number of hydrogen-bond donors (Lipinski definition) is 4. The molecule has 26 heavy (non-hydrogen) atoms. The number of hydrogen-bond acceptors (Lipinski definition) is 4. The normalized spacial score (nSPS) is 12.2. The molecule has 0 saturated carbocycles. The van der Waals surface area contributed by atoms with Crippen molar-refractivity contribution in [1.82, 2.24) is 9.97 Å². The van der Waals surface area contributed by atoms with E-state index < -0.39 is 0 Å². The zero-order chi connectivity index (χ0) is 18.1. The summed E-state index contributed by atoms with van der Waals surface area (Å²) in [5, 5.41) is 24.3. The molecule has 5 nitrogen and oxygen atoms in total. The standard InChI is InChI=1S/C21H19N3O2/c1-13-3-2-4-16-17(12-23-20(13)16)21(24-15-7-9-22-10-8-15)14-5-6-18(25)19(26)11-14/h2-12,21,23,25-26H,1H3,(H,22,24). The van der Waals surface area contributed by atoms with Gasteiger partial charge in [-0.3, -0.25) is 4.98 Å². The maximum atomic E-state index is 9.97. The van der Waals surface area contributed by atoms with Crippen LogP contribution in [0.15, 0.2) is 67.1 Å². The highest BCUT2D eigenvalue weighted by atomic mass is 16.3. The van der Waals surface area contributed by atoms with Crippen LogP contribution < -0.4 is 5.32 Å². The number of phenolic OH excluding ortho intramolecular Hbond substituents is 2. The van der Waals surface area contributed by atoms with Gasteiger partial charge in [0.2, 0.25) is 0 Å². The fourth-order valence-electron chi connectivity index (χ4n) is 3.24. The molecule has 0 spiro atoms. The first-order valence-electron chi connectivity index (χ1n) is 8.38. The average Bonchev–Trinajstić information content (AvgIpc) is 3.08. The second kappa shape index (κ2) is 6.44. The lowest BCUT2D eigenvalue weighted by Gasteiger charge is -2.21. The predicted molar refractivity (Wildman–Crippen MR) is 103 cm³/mol. The maximum absolute atomic E-state index is 9.97. The molecule has 4 rings (SSSR count). The SMILES string of the molecule is Cc1cccc2c(C(Nc3ccncc3)c3ccc(O)c(O)c3)c[nH]c12. The van der Waals surface area contributed by atoms with Crippen molar-refractivity contribution in [2.75, 3.05) is 5.32 Å². The number of rotatable bonds is 4. The van der Waals surface area contributed by atoms with E-state index in [-0.39, 0.29) is 17.5 Å². The molecule has 1 atom stereocenters. The van der Waals surface area contributed by atoms with Crippen LogP contribution in [0.3, 0.4) is 0 Å². The number of aromatic amines is 1. The highest BCUT2D eigenvalue weighted by Crippen LogP contribution is 2.36. The minimum Gasteiger partial charge on any atom is -0.504 e. The van der Waals surface area contributed by atoms with Gasteiger partial charge in [-0.1, -0.05) is 24.3 Å². The van der Waals surface area contributed by atoms with E-state index in [1.54, 1.807) is 18.5 Å². The molecular formula is C21H19N3O2. The van der Waals surface area contributed by atoms with E-state index in [9.17, 15) is 10.2 Å². The molecule has 0 radical (unpaired) electrons. The van der Waals surface area contributed by atoms with Crippen LogP contribution in [-0.4, -0.2) is 20.2 Å². The Morgan fingerprint density at radius 2 is 1.81 bits per heavy atom. The molecule has 0 saturated heterocycles. The summed E-state index contributed by atoms with van der Waals surface area (Å²) < 4.78 is 0. The Hall–Kier alpha value is -3.47. The van der Waals surface area contributed by atoms with E-state index in [0.29, 0.717) is 0 Å². The van der Waals surface area contributed by atoms with Crippen molar-refractivity contribution >= 4 is 16.6 Å². The Bertz CT molecular complexity index is 1060. The highest BCUT2D eigenvalue weighted by molar-refractivity contribution is 5.87. The zero-order valence-corrected chi connectivity index (χ0v) is 14.3. The number of phenols is 2. The van der Waals surface area contributed by atoms with Crippen LogP contribution in [0.2, 0.25) is 0 Å². The van der Waals surface area contributed by atoms with Crippen molar-refractivity contribution in [3.8, 4) is 11.5 Å². The van der Waals surface area contributed by atoms with Crippen molar-refractivity contribution in [2.24, 2.45) is 0 Å². The maximum Gasteiger partial charge on any atom is 0.157 e. The quantitative estimate of drug-likeness (QED) is 0.411. The van der Waals surface area contributed by atoms with Gasteiger partial charge in [0.05, 0.1) is 6.04 Å². The van der Waals surface area contributed by atoms with Crippen LogP contribution in [0.25, 0.3) is 10.9 Å². The zero-order valence-electron chi connectivity index (χ0n) is 14.3. The van der Waals surface area contributed by atoms with Crippen LogP contribution in [0.4, 0.5) is 5.69 Å². The molecule has 0 aliphatic carbocycles. The monoisotopic (exact) mass is 345 g/mol. The molecule has 0 bridgehead atoms. The van der Waals surface area contributed by atoms with Gasteiger partial charge in [-0.25, -0.2) is 0 Å². The molecule has 4 N–H and O–H groups in total. The van der Waals surface area contributed by atoms with E-state index in [2.05, 4.69) is 34.3 Å². The van der Waals surface area contributed by atoms with Crippen molar-refractivity contribution in [2.45, 2.75) is 13.0 Å². The molecule has 0 aliphatic rings. The Balaban J connectivity index is 1.86. The van der Waals surface area contributed by atoms with E-state index >= 15 is 0 Å². The summed E-state index contributed by atoms with van der Waals surface area (Å²) in [6, 6.07) is 14.7. The van der Waals surface area contributed by atoms with Crippen LogP contribution in [0, 0.1) is 6.92 Å². The molecule has 5 heteroatoms. The molecular weight excluding hydrogens is 326 g/mol. The van der Waals surface area contributed by atoms with Gasteiger partial charge in [0, 0.05) is 40.7 Å². The minimum atomic E-state index is -0.209. The molecule has 4 aromatic rings. The molecule has 2 aromatic heterocycles. The number of benzene rings is 2. The van der Waals surface area contributed by atoms with E-state index in [4.69, 9.17) is 0 Å². The molecule has 130 valence electrons. The lowest BCUT2D eigenvalue weighted by atomic mass is 9.96. The van der Waals surface area contributed by atoms with E-state index in [1.165, 1.54) is 11.6 Å². The van der Waals surface area contributed by atoms with Gasteiger partial charge in [0.1, 0.15) is 0 Å². The summed E-state index contributed by atoms with van der Waals surface area (Å²) >= 11 is 0. The Morgan fingerprint density at radius 3 is 2.58 bits per heavy atom. The first-order valence-corrected chi connectivity index (χ1v) is 8.38. The van der Waals surface area contributed by atoms with Gasteiger partial charge in [-0.15, -0.1) is 0 Å². The van der Waals surface area contributed by atoms with Crippen LogP contribution in [0.1, 0.15) is 22.7 Å². The number of nitrogens with one attached hydrogen (secondary N) is 2. The summed E-state index contributed by atoms with van der Waals surface area (Å²) in [5.74, 6) is -0.272. The Labute approximate surface area is 151 Å². The fraction of sp³-hybridized carbons (Fsp3) is 0.0952. The molecule has 0 fully saturated rings. The number of pyridine rings is 1. The number of nitrogens with zero attached hydrogens (tertiary/aromatic N) is 1. The highest BCUT2D eigenvalue weighted by Gasteiger charge is 2.20. The summed E-state index contributed by atoms with van der Waals surface area (Å²) in [6.45, 7) is 2.07. The summed E-state index contributed by atoms with van der Waals surface area (Å²) in [7, 11) is 0. The molecule has 1 unspecified atom stereocenters. The number of para-hydroxylation sites is 1. The number of fused-ring (bicyclic) bond motifs is 1. The van der Waals surface area contributed by atoms with E-state index in [0.717, 1.165) is 27.7 Å². The number of H-pyrrole nitrogens is 1. The second-order valence-electron chi connectivity index (χ2n) is 6.30. The molecule has 0 aliphatic heterocycles. The van der Waals surface area contributed by atoms with Crippen molar-refractivity contribution < 1.29 is 10.2 Å². The van der Waals surface area contributed by atoms with Gasteiger partial charge >= 0.3 is 0 Å². The van der Waals surface area contributed by atoms with Gasteiger partial charge in [-0.2, -0.15) is 0 Å². The van der Waals surface area contributed by atoms with Crippen LogP contribution in [0.5, 0.6) is 11.5 Å². The third kappa shape index (κ3) is 2.84. The topological polar surface area (TPSA) is 81.2 Å². The van der Waals surface area contributed by atoms with Crippen molar-refractivity contribution in [1.29, 1.82) is 0 Å². The van der Waals surface area contributed by atoms with Gasteiger partial charge in [0.25, 0.3) is 0 Å². The first-order chi connectivity index (χ1) is 12.6. The molecule has 0 amide bonds. The summed E-state index contributed by atoms with van der Waals surface area (Å²) in [5.41, 5.74) is 5.08. The van der Waals surface area contributed by atoms with Gasteiger partial charge in [-0.05, 0) is 42.3 Å². The Kier molecular flexibility index (Phi) is 3.97. The van der Waals surface area contributed by atoms with Crippen LogP contribution >= 0.6 is 0 Å².